The summed E-state index contributed by atoms with van der Waals surface area (Å²) in [6, 6.07) is 0. The van der Waals surface area contributed by atoms with Crippen LogP contribution in [-0.4, -0.2) is 0 Å². The van der Waals surface area contributed by atoms with Crippen LogP contribution in [0.15, 0.2) is 0 Å². The third kappa shape index (κ3) is 7.20. The van der Waals surface area contributed by atoms with Crippen molar-refractivity contribution in [2.24, 2.45) is 10.8 Å². The van der Waals surface area contributed by atoms with Crippen molar-refractivity contribution in [3.8, 4) is 0 Å². The van der Waals surface area contributed by atoms with Gasteiger partial charge in [0.1, 0.15) is 0 Å². The smallest absolute Gasteiger partial charge is 0.0300 e. The first-order chi connectivity index (χ1) is 10.1. The molecule has 0 heteroatoms. The predicted octanol–water partition coefficient (Wildman–Crippen LogP) is 8.15. The van der Waals surface area contributed by atoms with E-state index in [1.165, 1.54) is 83.5 Å². The Morgan fingerprint density at radius 2 is 0.714 bits per heavy atom. The Hall–Kier alpha value is 0. The molecule has 0 aliphatic heterocycles. The molecule has 0 bridgehead atoms. The zero-order valence-electron chi connectivity index (χ0n) is 16.2. The molecule has 0 N–H and O–H groups in total. The van der Waals surface area contributed by atoms with E-state index in [-0.39, 0.29) is 0 Å². The van der Waals surface area contributed by atoms with Gasteiger partial charge in [-0.25, -0.2) is 0 Å². The molecule has 0 aromatic carbocycles. The highest BCUT2D eigenvalue weighted by molar-refractivity contribution is 4.82. The summed E-state index contributed by atoms with van der Waals surface area (Å²) in [4.78, 5) is 0. The minimum atomic E-state index is 0.654. The Bertz CT molecular complexity index is 192. The van der Waals surface area contributed by atoms with E-state index in [1.807, 2.05) is 0 Å². The average Bonchev–Trinajstić information content (AvgIpc) is 2.48. The molecule has 0 saturated heterocycles. The van der Waals surface area contributed by atoms with Crippen LogP contribution in [0.1, 0.15) is 125 Å². The van der Waals surface area contributed by atoms with Gasteiger partial charge in [0.25, 0.3) is 0 Å². The predicted molar refractivity (Wildman–Crippen MR) is 98.9 cm³/mol. The third-order valence-corrected chi connectivity index (χ3v) is 6.04. The molecule has 0 atom stereocenters. The SMILES string of the molecule is CCCC(CC)(CCC)CCCC(CC)(CCC)CCC. The van der Waals surface area contributed by atoms with Gasteiger partial charge in [0, 0.05) is 0 Å². The standard InChI is InChI=1S/C21H44/c1-7-14-20(11-5,15-8-2)18-13-19-21(12-6,16-9-3)17-10-4/h7-19H2,1-6H3. The summed E-state index contributed by atoms with van der Waals surface area (Å²) in [5.41, 5.74) is 1.31. The second kappa shape index (κ2) is 11.6. The van der Waals surface area contributed by atoms with Crippen LogP contribution in [0.2, 0.25) is 0 Å². The topological polar surface area (TPSA) is 0 Å². The normalized spacial score (nSPS) is 12.9. The molecule has 0 aliphatic rings. The van der Waals surface area contributed by atoms with Gasteiger partial charge in [-0.2, -0.15) is 0 Å². The van der Waals surface area contributed by atoms with Crippen molar-refractivity contribution < 1.29 is 0 Å². The lowest BCUT2D eigenvalue weighted by atomic mass is 9.69. The number of hydrogen-bond donors (Lipinski definition) is 0. The van der Waals surface area contributed by atoms with Gasteiger partial charge in [-0.05, 0) is 49.4 Å². The molecule has 0 saturated carbocycles. The lowest BCUT2D eigenvalue weighted by molar-refractivity contribution is 0.155. The lowest BCUT2D eigenvalue weighted by Gasteiger charge is -2.37. The second-order valence-corrected chi connectivity index (χ2v) is 7.56. The Morgan fingerprint density at radius 1 is 0.429 bits per heavy atom. The summed E-state index contributed by atoms with van der Waals surface area (Å²) in [5, 5.41) is 0. The van der Waals surface area contributed by atoms with Crippen LogP contribution in [-0.2, 0) is 0 Å². The molecule has 0 radical (unpaired) electrons. The van der Waals surface area contributed by atoms with Crippen LogP contribution in [0.5, 0.6) is 0 Å². The van der Waals surface area contributed by atoms with E-state index < -0.39 is 0 Å². The highest BCUT2D eigenvalue weighted by atomic mass is 14.3. The summed E-state index contributed by atoms with van der Waals surface area (Å²) < 4.78 is 0. The van der Waals surface area contributed by atoms with Crippen molar-refractivity contribution in [3.05, 3.63) is 0 Å². The molecule has 0 unspecified atom stereocenters. The number of rotatable bonds is 14. The maximum absolute atomic E-state index is 2.43. The Balaban J connectivity index is 4.62. The zero-order valence-corrected chi connectivity index (χ0v) is 16.2. The van der Waals surface area contributed by atoms with Crippen LogP contribution in [0.3, 0.4) is 0 Å². The first-order valence-electron chi connectivity index (χ1n) is 10.1. The zero-order chi connectivity index (χ0) is 16.2. The minimum Gasteiger partial charge on any atom is -0.0654 e. The van der Waals surface area contributed by atoms with Gasteiger partial charge in [-0.15, -0.1) is 0 Å². The molecule has 0 aliphatic carbocycles. The summed E-state index contributed by atoms with van der Waals surface area (Å²) in [5.74, 6) is 0. The molecule has 0 aromatic rings. The molecule has 0 spiro atoms. The monoisotopic (exact) mass is 296 g/mol. The maximum Gasteiger partial charge on any atom is -0.0300 e. The summed E-state index contributed by atoms with van der Waals surface area (Å²) in [6.07, 6.45) is 18.4. The van der Waals surface area contributed by atoms with Gasteiger partial charge in [-0.3, -0.25) is 0 Å². The van der Waals surface area contributed by atoms with Gasteiger partial charge < -0.3 is 0 Å². The van der Waals surface area contributed by atoms with Crippen molar-refractivity contribution in [1.29, 1.82) is 0 Å². The van der Waals surface area contributed by atoms with Crippen molar-refractivity contribution >= 4 is 0 Å². The average molecular weight is 297 g/mol. The van der Waals surface area contributed by atoms with E-state index in [4.69, 9.17) is 0 Å². The van der Waals surface area contributed by atoms with E-state index in [0.29, 0.717) is 10.8 Å². The van der Waals surface area contributed by atoms with E-state index in [0.717, 1.165) is 0 Å². The van der Waals surface area contributed by atoms with E-state index >= 15 is 0 Å². The van der Waals surface area contributed by atoms with E-state index in [1.54, 1.807) is 0 Å². The van der Waals surface area contributed by atoms with Crippen LogP contribution in [0.25, 0.3) is 0 Å². The largest absolute Gasteiger partial charge is 0.0654 e. The maximum atomic E-state index is 2.43. The molecule has 0 aromatic heterocycles. The van der Waals surface area contributed by atoms with Crippen molar-refractivity contribution in [1.82, 2.24) is 0 Å². The summed E-state index contributed by atoms with van der Waals surface area (Å²) >= 11 is 0. The van der Waals surface area contributed by atoms with Crippen molar-refractivity contribution in [3.63, 3.8) is 0 Å². The van der Waals surface area contributed by atoms with Gasteiger partial charge in [-0.1, -0.05) is 86.5 Å². The van der Waals surface area contributed by atoms with Crippen molar-refractivity contribution in [2.45, 2.75) is 125 Å². The molecular weight excluding hydrogens is 252 g/mol. The fourth-order valence-corrected chi connectivity index (χ4v) is 4.77. The van der Waals surface area contributed by atoms with Crippen LogP contribution in [0, 0.1) is 10.8 Å². The van der Waals surface area contributed by atoms with E-state index in [2.05, 4.69) is 41.5 Å². The van der Waals surface area contributed by atoms with Crippen molar-refractivity contribution in [2.75, 3.05) is 0 Å². The molecule has 0 fully saturated rings. The minimum absolute atomic E-state index is 0.654. The van der Waals surface area contributed by atoms with Crippen LogP contribution < -0.4 is 0 Å². The first-order valence-corrected chi connectivity index (χ1v) is 10.1. The lowest BCUT2D eigenvalue weighted by Crippen LogP contribution is -2.23. The molecule has 0 heterocycles. The molecule has 0 amide bonds. The Morgan fingerprint density at radius 3 is 0.905 bits per heavy atom. The second-order valence-electron chi connectivity index (χ2n) is 7.56. The molecule has 0 nitrogen and oxygen atoms in total. The van der Waals surface area contributed by atoms with Crippen LogP contribution >= 0.6 is 0 Å². The van der Waals surface area contributed by atoms with Crippen LogP contribution in [0.4, 0.5) is 0 Å². The quantitative estimate of drug-likeness (QED) is 0.303. The van der Waals surface area contributed by atoms with Gasteiger partial charge in [0.2, 0.25) is 0 Å². The highest BCUT2D eigenvalue weighted by Crippen LogP contribution is 2.43. The fraction of sp³-hybridized carbons (Fsp3) is 1.00. The fourth-order valence-electron chi connectivity index (χ4n) is 4.77. The molecule has 0 rings (SSSR count). The van der Waals surface area contributed by atoms with Gasteiger partial charge >= 0.3 is 0 Å². The van der Waals surface area contributed by atoms with E-state index in [9.17, 15) is 0 Å². The summed E-state index contributed by atoms with van der Waals surface area (Å²) in [7, 11) is 0. The molecule has 128 valence electrons. The van der Waals surface area contributed by atoms with Gasteiger partial charge in [0.15, 0.2) is 0 Å². The first kappa shape index (κ1) is 21.0. The highest BCUT2D eigenvalue weighted by Gasteiger charge is 2.29. The molecular formula is C21H44. The Labute approximate surface area is 136 Å². The summed E-state index contributed by atoms with van der Waals surface area (Å²) in [6.45, 7) is 14.3. The third-order valence-electron chi connectivity index (χ3n) is 6.04. The van der Waals surface area contributed by atoms with Gasteiger partial charge in [0.05, 0.1) is 0 Å². The Kier molecular flexibility index (Phi) is 11.6. The number of hydrogen-bond acceptors (Lipinski definition) is 0. The molecule has 21 heavy (non-hydrogen) atoms.